The molecule has 1 aromatic heterocycles. The number of nitrogens with zero attached hydrogens (tertiary/aromatic N) is 2. The van der Waals surface area contributed by atoms with E-state index < -0.39 is 6.03 Å². The molecule has 3 aromatic rings. The van der Waals surface area contributed by atoms with E-state index in [1.54, 1.807) is 36.4 Å². The van der Waals surface area contributed by atoms with Crippen molar-refractivity contribution < 1.29 is 9.32 Å². The van der Waals surface area contributed by atoms with Gasteiger partial charge in [0.25, 0.3) is 0 Å². The van der Waals surface area contributed by atoms with E-state index in [2.05, 4.69) is 23.3 Å². The lowest BCUT2D eigenvalue weighted by atomic mass is 10.2. The predicted molar refractivity (Wildman–Crippen MR) is 85.9 cm³/mol. The molecule has 0 aliphatic heterocycles. The van der Waals surface area contributed by atoms with Crippen LogP contribution in [0.1, 0.15) is 0 Å². The lowest BCUT2D eigenvalue weighted by molar-refractivity contribution is 0.260. The van der Waals surface area contributed by atoms with Crippen molar-refractivity contribution in [3.05, 3.63) is 53.6 Å². The summed E-state index contributed by atoms with van der Waals surface area (Å²) < 4.78 is 6.23. The van der Waals surface area contributed by atoms with E-state index in [0.29, 0.717) is 27.5 Å². The van der Waals surface area contributed by atoms with Gasteiger partial charge in [-0.1, -0.05) is 53.8 Å². The van der Waals surface area contributed by atoms with Gasteiger partial charge >= 0.3 is 6.03 Å². The number of hydrogen-bond acceptors (Lipinski definition) is 4. The second kappa shape index (κ2) is 5.67. The number of fused-ring (bicyclic) bond motifs is 1. The van der Waals surface area contributed by atoms with Gasteiger partial charge in [-0.15, -0.1) is 0 Å². The van der Waals surface area contributed by atoms with Gasteiger partial charge in [0.05, 0.1) is 16.1 Å². The Morgan fingerprint density at radius 3 is 2.71 bits per heavy atom. The van der Waals surface area contributed by atoms with Gasteiger partial charge in [-0.25, -0.2) is 9.10 Å². The van der Waals surface area contributed by atoms with Gasteiger partial charge < -0.3 is 9.84 Å². The van der Waals surface area contributed by atoms with Crippen molar-refractivity contribution >= 4 is 52.9 Å². The maximum atomic E-state index is 12.2. The summed E-state index contributed by atoms with van der Waals surface area (Å²) in [7, 11) is 0. The number of thiol groups is 1. The second-order valence-electron chi connectivity index (χ2n) is 4.22. The normalized spacial score (nSPS) is 10.6. The number of aromatic nitrogens is 1. The molecule has 0 saturated heterocycles. The molecule has 0 aliphatic carbocycles. The lowest BCUT2D eigenvalue weighted by Gasteiger charge is -2.14. The van der Waals surface area contributed by atoms with Gasteiger partial charge in [0.15, 0.2) is 11.4 Å². The zero-order chi connectivity index (χ0) is 14.8. The number of anilines is 2. The summed E-state index contributed by atoms with van der Waals surface area (Å²) in [6, 6.07) is 13.7. The maximum absolute atomic E-state index is 12.2. The molecular weight excluding hydrogens is 310 g/mol. The van der Waals surface area contributed by atoms with Crippen LogP contribution in [-0.4, -0.2) is 11.2 Å². The molecular formula is C14H10ClN3O2S. The van der Waals surface area contributed by atoms with Crippen molar-refractivity contribution in [3.8, 4) is 0 Å². The number of carbonyl (C=O) groups is 1. The highest BCUT2D eigenvalue weighted by atomic mass is 35.5. The fraction of sp³-hybridized carbons (Fsp3) is 0. The Morgan fingerprint density at radius 1 is 1.19 bits per heavy atom. The average Bonchev–Trinajstić information content (AvgIpc) is 2.92. The van der Waals surface area contributed by atoms with Gasteiger partial charge in [-0.2, -0.15) is 0 Å². The summed E-state index contributed by atoms with van der Waals surface area (Å²) in [6.45, 7) is 0. The first-order valence-corrected chi connectivity index (χ1v) is 6.83. The Morgan fingerprint density at radius 2 is 1.90 bits per heavy atom. The van der Waals surface area contributed by atoms with E-state index in [4.69, 9.17) is 16.1 Å². The van der Waals surface area contributed by atoms with Crippen LogP contribution in [0.2, 0.25) is 5.02 Å². The fourth-order valence-corrected chi connectivity index (χ4v) is 2.23. The zero-order valence-corrected chi connectivity index (χ0v) is 12.3. The number of carbonyl (C=O) groups excluding carboxylic acids is 1. The largest absolute Gasteiger partial charge is 0.354 e. The monoisotopic (exact) mass is 319 g/mol. The van der Waals surface area contributed by atoms with Gasteiger partial charge in [-0.3, -0.25) is 0 Å². The van der Waals surface area contributed by atoms with Crippen molar-refractivity contribution in [2.75, 3.05) is 9.62 Å². The average molecular weight is 320 g/mol. The van der Waals surface area contributed by atoms with Crippen LogP contribution >= 0.6 is 24.4 Å². The Labute approximate surface area is 131 Å². The first-order chi connectivity index (χ1) is 10.2. The molecule has 0 spiro atoms. The third kappa shape index (κ3) is 2.68. The number of halogens is 1. The fourth-order valence-electron chi connectivity index (χ4n) is 1.85. The topological polar surface area (TPSA) is 58.4 Å². The Balaban J connectivity index is 1.86. The van der Waals surface area contributed by atoms with Crippen LogP contribution in [-0.2, 0) is 0 Å². The van der Waals surface area contributed by atoms with Crippen molar-refractivity contribution in [2.45, 2.75) is 0 Å². The van der Waals surface area contributed by atoms with E-state index in [0.717, 1.165) is 4.31 Å². The minimum atomic E-state index is -0.481. The summed E-state index contributed by atoms with van der Waals surface area (Å²) in [5.74, 6) is 0.318. The molecule has 106 valence electrons. The van der Waals surface area contributed by atoms with Crippen LogP contribution < -0.4 is 9.62 Å². The zero-order valence-electron chi connectivity index (χ0n) is 10.7. The Bertz CT molecular complexity index is 806. The highest BCUT2D eigenvalue weighted by Crippen LogP contribution is 2.28. The second-order valence-corrected chi connectivity index (χ2v) is 5.03. The van der Waals surface area contributed by atoms with E-state index >= 15 is 0 Å². The minimum Gasteiger partial charge on any atom is -0.354 e. The summed E-state index contributed by atoms with van der Waals surface area (Å²) in [5, 5.41) is 7.66. The van der Waals surface area contributed by atoms with Gasteiger partial charge in [0.1, 0.15) is 0 Å². The van der Waals surface area contributed by atoms with Crippen LogP contribution in [0.3, 0.4) is 0 Å². The van der Waals surface area contributed by atoms with E-state index in [9.17, 15) is 4.79 Å². The Hall–Kier alpha value is -2.18. The van der Waals surface area contributed by atoms with E-state index in [1.165, 1.54) is 0 Å². The minimum absolute atomic E-state index is 0.318. The summed E-state index contributed by atoms with van der Waals surface area (Å²) in [4.78, 5) is 12.2. The number of hydrogen-bond donors (Lipinski definition) is 2. The predicted octanol–water partition coefficient (Wildman–Crippen LogP) is 4.36. The standard InChI is InChI=1S/C14H10ClN3O2S/c15-10-6-2-3-7-11(10)16-14(19)18(21)13-9-5-1-4-8-12(9)20-17-13/h1-8,21H,(H,16,19). The molecule has 5 nitrogen and oxygen atoms in total. The quantitative estimate of drug-likeness (QED) is 0.690. The summed E-state index contributed by atoms with van der Waals surface area (Å²) in [6.07, 6.45) is 0. The van der Waals surface area contributed by atoms with Crippen LogP contribution in [0.4, 0.5) is 16.3 Å². The molecule has 0 fully saturated rings. The smallest absolute Gasteiger partial charge is 0.337 e. The van der Waals surface area contributed by atoms with Crippen molar-refractivity contribution in [1.82, 2.24) is 5.16 Å². The molecule has 2 amide bonds. The molecule has 3 rings (SSSR count). The van der Waals surface area contributed by atoms with Crippen LogP contribution in [0.15, 0.2) is 53.1 Å². The molecule has 0 atom stereocenters. The molecule has 21 heavy (non-hydrogen) atoms. The maximum Gasteiger partial charge on any atom is 0.337 e. The summed E-state index contributed by atoms with van der Waals surface area (Å²) >= 11 is 10.2. The van der Waals surface area contributed by atoms with Gasteiger partial charge in [-0.05, 0) is 24.3 Å². The highest BCUT2D eigenvalue weighted by molar-refractivity contribution is 7.82. The molecule has 7 heteroatoms. The molecule has 1 heterocycles. The summed E-state index contributed by atoms with van der Waals surface area (Å²) in [5.41, 5.74) is 1.08. The number of para-hydroxylation sites is 2. The van der Waals surface area contributed by atoms with Crippen LogP contribution in [0.25, 0.3) is 11.0 Å². The molecule has 0 unspecified atom stereocenters. The van der Waals surface area contributed by atoms with Gasteiger partial charge in [0.2, 0.25) is 0 Å². The molecule has 1 N–H and O–H groups in total. The van der Waals surface area contributed by atoms with Crippen LogP contribution in [0, 0.1) is 0 Å². The molecule has 0 aliphatic rings. The van der Waals surface area contributed by atoms with Crippen molar-refractivity contribution in [2.24, 2.45) is 0 Å². The lowest BCUT2D eigenvalue weighted by Crippen LogP contribution is -2.27. The Kier molecular flexibility index (Phi) is 3.72. The number of benzene rings is 2. The highest BCUT2D eigenvalue weighted by Gasteiger charge is 2.19. The molecule has 0 radical (unpaired) electrons. The third-order valence-electron chi connectivity index (χ3n) is 2.87. The van der Waals surface area contributed by atoms with Crippen LogP contribution in [0.5, 0.6) is 0 Å². The van der Waals surface area contributed by atoms with E-state index in [1.807, 2.05) is 12.1 Å². The number of urea groups is 1. The SMILES string of the molecule is O=C(Nc1ccccc1Cl)N(S)c1noc2ccccc12. The van der Waals surface area contributed by atoms with Gasteiger partial charge in [0, 0.05) is 0 Å². The number of amides is 2. The van der Waals surface area contributed by atoms with E-state index in [-0.39, 0.29) is 0 Å². The first-order valence-electron chi connectivity index (χ1n) is 6.06. The van der Waals surface area contributed by atoms with Crippen molar-refractivity contribution in [1.29, 1.82) is 0 Å². The van der Waals surface area contributed by atoms with Crippen molar-refractivity contribution in [3.63, 3.8) is 0 Å². The molecule has 2 aromatic carbocycles. The third-order valence-corrected chi connectivity index (χ3v) is 3.57. The number of nitrogens with one attached hydrogen (secondary N) is 1. The molecule has 0 saturated carbocycles. The number of rotatable bonds is 2. The molecule has 0 bridgehead atoms. The first kappa shape index (κ1) is 13.8.